The van der Waals surface area contributed by atoms with Crippen molar-refractivity contribution in [3.8, 4) is 0 Å². The van der Waals surface area contributed by atoms with Gasteiger partial charge in [0.2, 0.25) is 0 Å². The summed E-state index contributed by atoms with van der Waals surface area (Å²) in [5.74, 6) is -0.640. The third-order valence-electron chi connectivity index (χ3n) is 2.82. The van der Waals surface area contributed by atoms with Crippen molar-refractivity contribution in [3.63, 3.8) is 0 Å². The Morgan fingerprint density at radius 1 is 1.41 bits per heavy atom. The SMILES string of the molecule is CC1=C(C)CC(CO/N=C\C(=O)O)=C(CCl)C1. The Kier molecular flexibility index (Phi) is 5.22. The molecule has 0 aromatic heterocycles. The summed E-state index contributed by atoms with van der Waals surface area (Å²) in [6.45, 7) is 4.49. The monoisotopic (exact) mass is 257 g/mol. The molecule has 0 radical (unpaired) electrons. The largest absolute Gasteiger partial charge is 0.477 e. The minimum atomic E-state index is -1.12. The Bertz CT molecular complexity index is 397. The quantitative estimate of drug-likeness (QED) is 0.357. The lowest BCUT2D eigenvalue weighted by Crippen LogP contribution is -2.08. The maximum Gasteiger partial charge on any atom is 0.350 e. The molecule has 0 amide bonds. The zero-order valence-corrected chi connectivity index (χ0v) is 10.8. The fourth-order valence-electron chi connectivity index (χ4n) is 1.68. The number of halogens is 1. The fourth-order valence-corrected chi connectivity index (χ4v) is 1.97. The second-order valence-electron chi connectivity index (χ2n) is 4.10. The van der Waals surface area contributed by atoms with Crippen LogP contribution in [0.3, 0.4) is 0 Å². The van der Waals surface area contributed by atoms with Crippen molar-refractivity contribution in [2.45, 2.75) is 26.7 Å². The van der Waals surface area contributed by atoms with Gasteiger partial charge in [-0.1, -0.05) is 16.3 Å². The minimum Gasteiger partial charge on any atom is -0.477 e. The van der Waals surface area contributed by atoms with Gasteiger partial charge < -0.3 is 9.94 Å². The van der Waals surface area contributed by atoms with E-state index in [4.69, 9.17) is 21.5 Å². The van der Waals surface area contributed by atoms with Crippen LogP contribution in [0.25, 0.3) is 0 Å². The average molecular weight is 258 g/mol. The number of oxime groups is 1. The number of hydrogen-bond donors (Lipinski definition) is 1. The number of aliphatic carboxylic acids is 1. The van der Waals surface area contributed by atoms with Gasteiger partial charge >= 0.3 is 5.97 Å². The maximum absolute atomic E-state index is 10.2. The normalized spacial score (nSPS) is 16.9. The first-order chi connectivity index (χ1) is 8.04. The summed E-state index contributed by atoms with van der Waals surface area (Å²) in [4.78, 5) is 15.1. The summed E-state index contributed by atoms with van der Waals surface area (Å²) in [5, 5.41) is 11.7. The third-order valence-corrected chi connectivity index (χ3v) is 3.15. The molecular formula is C12H16ClNO3. The van der Waals surface area contributed by atoms with Crippen molar-refractivity contribution in [1.29, 1.82) is 0 Å². The molecule has 0 unspecified atom stereocenters. The van der Waals surface area contributed by atoms with E-state index in [1.807, 2.05) is 0 Å². The van der Waals surface area contributed by atoms with E-state index >= 15 is 0 Å². The van der Waals surface area contributed by atoms with Gasteiger partial charge in [0, 0.05) is 5.88 Å². The zero-order valence-electron chi connectivity index (χ0n) is 9.99. The number of carboxylic acids is 1. The molecule has 1 aliphatic rings. The Morgan fingerprint density at radius 2 is 2.00 bits per heavy atom. The van der Waals surface area contributed by atoms with E-state index in [9.17, 15) is 4.79 Å². The molecule has 0 saturated carbocycles. The Morgan fingerprint density at radius 3 is 2.53 bits per heavy atom. The van der Waals surface area contributed by atoms with Crippen molar-refractivity contribution < 1.29 is 14.7 Å². The van der Waals surface area contributed by atoms with Crippen molar-refractivity contribution in [3.05, 3.63) is 22.3 Å². The molecule has 17 heavy (non-hydrogen) atoms. The fraction of sp³-hybridized carbons (Fsp3) is 0.500. The first-order valence-electron chi connectivity index (χ1n) is 5.33. The average Bonchev–Trinajstić information content (AvgIpc) is 2.28. The molecule has 0 aliphatic heterocycles. The third kappa shape index (κ3) is 4.23. The number of alkyl halides is 1. The molecular weight excluding hydrogens is 242 g/mol. The highest BCUT2D eigenvalue weighted by atomic mass is 35.5. The van der Waals surface area contributed by atoms with Crippen molar-refractivity contribution in [1.82, 2.24) is 0 Å². The van der Waals surface area contributed by atoms with E-state index in [-0.39, 0.29) is 0 Å². The van der Waals surface area contributed by atoms with E-state index in [0.29, 0.717) is 12.5 Å². The molecule has 0 spiro atoms. The molecule has 1 N–H and O–H groups in total. The van der Waals surface area contributed by atoms with Crippen LogP contribution in [0, 0.1) is 0 Å². The zero-order chi connectivity index (χ0) is 12.8. The second kappa shape index (κ2) is 6.45. The number of carboxylic acid groups (broad SMARTS) is 1. The Balaban J connectivity index is 2.59. The van der Waals surface area contributed by atoms with Gasteiger partial charge in [0.15, 0.2) is 6.21 Å². The van der Waals surface area contributed by atoms with E-state index in [1.54, 1.807) is 0 Å². The van der Waals surface area contributed by atoms with E-state index in [1.165, 1.54) is 11.1 Å². The molecule has 1 aliphatic carbocycles. The molecule has 0 saturated heterocycles. The number of allylic oxidation sites excluding steroid dienone is 3. The van der Waals surface area contributed by atoms with Crippen LogP contribution in [0.5, 0.6) is 0 Å². The van der Waals surface area contributed by atoms with Gasteiger partial charge in [-0.05, 0) is 37.8 Å². The molecule has 94 valence electrons. The summed E-state index contributed by atoms with van der Waals surface area (Å²) in [6.07, 6.45) is 2.44. The molecule has 0 aromatic rings. The van der Waals surface area contributed by atoms with Crippen LogP contribution in [0.15, 0.2) is 27.4 Å². The molecule has 1 rings (SSSR count). The van der Waals surface area contributed by atoms with Crippen LogP contribution in [0.1, 0.15) is 26.7 Å². The van der Waals surface area contributed by atoms with E-state index in [0.717, 1.165) is 30.2 Å². The summed E-state index contributed by atoms with van der Waals surface area (Å²) in [7, 11) is 0. The van der Waals surface area contributed by atoms with Gasteiger partial charge in [-0.25, -0.2) is 4.79 Å². The van der Waals surface area contributed by atoms with Gasteiger partial charge in [-0.2, -0.15) is 0 Å². The molecule has 0 bridgehead atoms. The molecule has 4 nitrogen and oxygen atoms in total. The number of nitrogens with zero attached hydrogens (tertiary/aromatic N) is 1. The lowest BCUT2D eigenvalue weighted by Gasteiger charge is -2.21. The van der Waals surface area contributed by atoms with Gasteiger partial charge in [-0.3, -0.25) is 0 Å². The molecule has 0 atom stereocenters. The summed E-state index contributed by atoms with van der Waals surface area (Å²) in [5.41, 5.74) is 4.92. The van der Waals surface area contributed by atoms with Gasteiger partial charge in [0.25, 0.3) is 0 Å². The van der Waals surface area contributed by atoms with Gasteiger partial charge in [0.05, 0.1) is 0 Å². The van der Waals surface area contributed by atoms with Crippen LogP contribution in [-0.2, 0) is 9.63 Å². The van der Waals surface area contributed by atoms with Crippen LogP contribution in [0.4, 0.5) is 0 Å². The minimum absolute atomic E-state index is 0.302. The van der Waals surface area contributed by atoms with Crippen LogP contribution in [-0.4, -0.2) is 29.8 Å². The van der Waals surface area contributed by atoms with Crippen LogP contribution >= 0.6 is 11.6 Å². The Labute approximate surface area is 106 Å². The lowest BCUT2D eigenvalue weighted by atomic mass is 9.88. The predicted octanol–water partition coefficient (Wildman–Crippen LogP) is 2.74. The van der Waals surface area contributed by atoms with Crippen LogP contribution in [0.2, 0.25) is 0 Å². The van der Waals surface area contributed by atoms with E-state index < -0.39 is 5.97 Å². The number of hydrogen-bond acceptors (Lipinski definition) is 3. The van der Waals surface area contributed by atoms with Crippen molar-refractivity contribution >= 4 is 23.8 Å². The number of rotatable bonds is 5. The lowest BCUT2D eigenvalue weighted by molar-refractivity contribution is -0.129. The Hall–Kier alpha value is -1.29. The topological polar surface area (TPSA) is 58.9 Å². The summed E-state index contributed by atoms with van der Waals surface area (Å²) >= 11 is 5.88. The molecule has 5 heteroatoms. The first kappa shape index (κ1) is 13.8. The highest BCUT2D eigenvalue weighted by Gasteiger charge is 2.15. The second-order valence-corrected chi connectivity index (χ2v) is 4.37. The maximum atomic E-state index is 10.2. The summed E-state index contributed by atoms with van der Waals surface area (Å²) in [6, 6.07) is 0. The van der Waals surface area contributed by atoms with Gasteiger partial charge in [-0.15, -0.1) is 11.6 Å². The molecule has 0 heterocycles. The van der Waals surface area contributed by atoms with Crippen molar-refractivity contribution in [2.75, 3.05) is 12.5 Å². The van der Waals surface area contributed by atoms with Gasteiger partial charge in [0.1, 0.15) is 6.61 Å². The highest BCUT2D eigenvalue weighted by Crippen LogP contribution is 2.30. The smallest absolute Gasteiger partial charge is 0.350 e. The number of carbonyl (C=O) groups is 1. The molecule has 0 aromatic carbocycles. The summed E-state index contributed by atoms with van der Waals surface area (Å²) < 4.78 is 0. The first-order valence-corrected chi connectivity index (χ1v) is 5.87. The highest BCUT2D eigenvalue weighted by molar-refractivity contribution is 6.21. The van der Waals surface area contributed by atoms with E-state index in [2.05, 4.69) is 19.0 Å². The predicted molar refractivity (Wildman–Crippen MR) is 67.4 cm³/mol. The molecule has 0 fully saturated rings. The standard InChI is InChI=1S/C12H16ClNO3/c1-8-3-10(5-13)11(4-9(8)2)7-17-14-6-12(15)16/h6H,3-5,7H2,1-2H3,(H,15,16)/b14-6-. The van der Waals surface area contributed by atoms with Crippen molar-refractivity contribution in [2.24, 2.45) is 5.16 Å². The van der Waals surface area contributed by atoms with Crippen LogP contribution < -0.4 is 0 Å².